The standard InChI is InChI=1S/C22H26N6O2/c1-27(2)14-24-21(29)17-10-8-16(9-11-17)18-12-23-19-20(25-18)28(22(30)26-19)13-15-6-4-3-5-7-15/h8-12,14-15H,3-7,13H2,1-2H3,(H,23,26,30). The average molecular weight is 406 g/mol. The summed E-state index contributed by atoms with van der Waals surface area (Å²) in [6, 6.07) is 7.10. The molecule has 1 aliphatic rings. The molecule has 0 spiro atoms. The molecule has 0 unspecified atom stereocenters. The molecule has 156 valence electrons. The molecule has 0 radical (unpaired) electrons. The number of rotatable bonds is 5. The molecule has 4 rings (SSSR count). The van der Waals surface area contributed by atoms with Crippen LogP contribution < -0.4 is 5.69 Å². The number of hydrogen-bond donors (Lipinski definition) is 1. The highest BCUT2D eigenvalue weighted by Crippen LogP contribution is 2.26. The van der Waals surface area contributed by atoms with Gasteiger partial charge in [0.05, 0.1) is 18.2 Å². The molecule has 1 amide bonds. The lowest BCUT2D eigenvalue weighted by molar-refractivity contribution is 0.100. The zero-order valence-corrected chi connectivity index (χ0v) is 17.3. The summed E-state index contributed by atoms with van der Waals surface area (Å²) in [7, 11) is 3.62. The average Bonchev–Trinajstić information content (AvgIpc) is 3.07. The van der Waals surface area contributed by atoms with Crippen molar-refractivity contribution >= 4 is 23.5 Å². The van der Waals surface area contributed by atoms with Crippen LogP contribution in [-0.2, 0) is 6.54 Å². The summed E-state index contributed by atoms with van der Waals surface area (Å²) < 4.78 is 1.72. The van der Waals surface area contributed by atoms with Gasteiger partial charge in [-0.25, -0.2) is 14.8 Å². The minimum atomic E-state index is -0.302. The number of H-pyrrole nitrogens is 1. The molecule has 1 saturated carbocycles. The van der Waals surface area contributed by atoms with Crippen LogP contribution in [0.1, 0.15) is 42.5 Å². The predicted molar refractivity (Wildman–Crippen MR) is 117 cm³/mol. The van der Waals surface area contributed by atoms with Crippen LogP contribution in [0.15, 0.2) is 40.2 Å². The molecule has 0 saturated heterocycles. The van der Waals surface area contributed by atoms with Crippen LogP contribution in [0, 0.1) is 5.92 Å². The fourth-order valence-corrected chi connectivity index (χ4v) is 3.88. The maximum absolute atomic E-state index is 12.5. The molecule has 8 nitrogen and oxygen atoms in total. The van der Waals surface area contributed by atoms with E-state index in [0.29, 0.717) is 35.0 Å². The summed E-state index contributed by atoms with van der Waals surface area (Å²) in [6.07, 6.45) is 9.15. The molecule has 30 heavy (non-hydrogen) atoms. The van der Waals surface area contributed by atoms with Gasteiger partial charge in [0.15, 0.2) is 11.3 Å². The Morgan fingerprint density at radius 3 is 2.67 bits per heavy atom. The number of amides is 1. The van der Waals surface area contributed by atoms with E-state index in [9.17, 15) is 9.59 Å². The number of aromatic nitrogens is 4. The van der Waals surface area contributed by atoms with Crippen molar-refractivity contribution in [3.8, 4) is 11.3 Å². The fraction of sp³-hybridized carbons (Fsp3) is 0.409. The summed E-state index contributed by atoms with van der Waals surface area (Å²) in [4.78, 5) is 42.1. The van der Waals surface area contributed by atoms with E-state index in [2.05, 4.69) is 15.0 Å². The number of nitrogens with one attached hydrogen (secondary N) is 1. The van der Waals surface area contributed by atoms with Gasteiger partial charge in [-0.2, -0.15) is 4.99 Å². The zero-order valence-electron chi connectivity index (χ0n) is 17.3. The van der Waals surface area contributed by atoms with Gasteiger partial charge >= 0.3 is 5.69 Å². The third kappa shape index (κ3) is 4.32. The van der Waals surface area contributed by atoms with Gasteiger partial charge in [-0.3, -0.25) is 14.3 Å². The number of nitrogens with zero attached hydrogens (tertiary/aromatic N) is 5. The van der Waals surface area contributed by atoms with E-state index in [4.69, 9.17) is 4.98 Å². The Bertz CT molecular complexity index is 1120. The van der Waals surface area contributed by atoms with Crippen LogP contribution in [0.3, 0.4) is 0 Å². The van der Waals surface area contributed by atoms with Crippen LogP contribution >= 0.6 is 0 Å². The highest BCUT2D eigenvalue weighted by atomic mass is 16.1. The predicted octanol–water partition coefficient (Wildman–Crippen LogP) is 3.10. The largest absolute Gasteiger partial charge is 0.369 e. The monoisotopic (exact) mass is 406 g/mol. The first-order chi connectivity index (χ1) is 14.5. The maximum atomic E-state index is 12.5. The van der Waals surface area contributed by atoms with Crippen molar-refractivity contribution in [2.45, 2.75) is 38.6 Å². The minimum Gasteiger partial charge on any atom is -0.369 e. The van der Waals surface area contributed by atoms with Crippen LogP contribution in [0.25, 0.3) is 22.6 Å². The van der Waals surface area contributed by atoms with Crippen molar-refractivity contribution in [3.63, 3.8) is 0 Å². The van der Waals surface area contributed by atoms with E-state index in [0.717, 1.165) is 18.4 Å². The molecular weight excluding hydrogens is 380 g/mol. The summed E-state index contributed by atoms with van der Waals surface area (Å²) >= 11 is 0. The lowest BCUT2D eigenvalue weighted by Gasteiger charge is -2.21. The Hall–Kier alpha value is -3.29. The third-order valence-corrected chi connectivity index (χ3v) is 5.48. The highest BCUT2D eigenvalue weighted by Gasteiger charge is 2.18. The number of benzene rings is 1. The van der Waals surface area contributed by atoms with Gasteiger partial charge in [-0.05, 0) is 30.9 Å². The summed E-state index contributed by atoms with van der Waals surface area (Å²) in [5.74, 6) is 0.206. The molecule has 0 atom stereocenters. The van der Waals surface area contributed by atoms with Crippen molar-refractivity contribution < 1.29 is 4.79 Å². The Morgan fingerprint density at radius 1 is 1.23 bits per heavy atom. The lowest BCUT2D eigenvalue weighted by atomic mass is 9.89. The second-order valence-electron chi connectivity index (χ2n) is 8.06. The second-order valence-corrected chi connectivity index (χ2v) is 8.06. The number of fused-ring (bicyclic) bond motifs is 1. The molecule has 1 fully saturated rings. The van der Waals surface area contributed by atoms with Gasteiger partial charge in [-0.1, -0.05) is 31.4 Å². The van der Waals surface area contributed by atoms with E-state index in [-0.39, 0.29) is 11.6 Å². The van der Waals surface area contributed by atoms with E-state index in [1.807, 2.05) is 26.2 Å². The van der Waals surface area contributed by atoms with Crippen LogP contribution in [0.4, 0.5) is 0 Å². The van der Waals surface area contributed by atoms with Crippen LogP contribution in [0.5, 0.6) is 0 Å². The quantitative estimate of drug-likeness (QED) is 0.519. The molecule has 3 aromatic rings. The Kier molecular flexibility index (Phi) is 5.74. The van der Waals surface area contributed by atoms with Gasteiger partial charge in [0, 0.05) is 31.8 Å². The van der Waals surface area contributed by atoms with E-state index in [1.54, 1.807) is 27.8 Å². The topological polar surface area (TPSA) is 96.2 Å². The normalized spacial score (nSPS) is 15.1. The molecule has 8 heteroatoms. The zero-order chi connectivity index (χ0) is 21.1. The second kappa shape index (κ2) is 8.61. The highest BCUT2D eigenvalue weighted by molar-refractivity contribution is 5.98. The molecule has 1 aliphatic carbocycles. The van der Waals surface area contributed by atoms with Gasteiger partial charge in [0.1, 0.15) is 0 Å². The number of carbonyl (C=O) groups is 1. The van der Waals surface area contributed by atoms with Crippen LogP contribution in [-0.4, -0.2) is 50.8 Å². The number of aliphatic imine (C=N–C) groups is 1. The number of aromatic amines is 1. The van der Waals surface area contributed by atoms with Crippen molar-refractivity contribution in [1.82, 2.24) is 24.4 Å². The first-order valence-corrected chi connectivity index (χ1v) is 10.3. The first-order valence-electron chi connectivity index (χ1n) is 10.3. The molecule has 1 aromatic carbocycles. The first kappa shape index (κ1) is 20.0. The van der Waals surface area contributed by atoms with Gasteiger partial charge < -0.3 is 4.90 Å². The summed E-state index contributed by atoms with van der Waals surface area (Å²) in [6.45, 7) is 0.675. The number of hydrogen-bond acceptors (Lipinski definition) is 4. The molecule has 1 N–H and O–H groups in total. The number of carbonyl (C=O) groups excluding carboxylic acids is 1. The Morgan fingerprint density at radius 2 is 1.97 bits per heavy atom. The molecular formula is C22H26N6O2. The SMILES string of the molecule is CN(C)C=NC(=O)c1ccc(-c2cnc3[nH]c(=O)n(CC4CCCCC4)c3n2)cc1. The molecule has 0 aliphatic heterocycles. The number of imidazole rings is 1. The van der Waals surface area contributed by atoms with E-state index < -0.39 is 0 Å². The maximum Gasteiger partial charge on any atom is 0.328 e. The fourth-order valence-electron chi connectivity index (χ4n) is 3.88. The van der Waals surface area contributed by atoms with E-state index in [1.165, 1.54) is 25.6 Å². The Labute approximate surface area is 174 Å². The molecule has 0 bridgehead atoms. The smallest absolute Gasteiger partial charge is 0.328 e. The van der Waals surface area contributed by atoms with Crippen molar-refractivity contribution in [1.29, 1.82) is 0 Å². The van der Waals surface area contributed by atoms with E-state index >= 15 is 0 Å². The third-order valence-electron chi connectivity index (χ3n) is 5.48. The van der Waals surface area contributed by atoms with Crippen molar-refractivity contribution in [3.05, 3.63) is 46.5 Å². The molecule has 2 aromatic heterocycles. The van der Waals surface area contributed by atoms with Gasteiger partial charge in [-0.15, -0.1) is 0 Å². The lowest BCUT2D eigenvalue weighted by Crippen LogP contribution is -2.23. The van der Waals surface area contributed by atoms with Crippen molar-refractivity contribution in [2.24, 2.45) is 10.9 Å². The van der Waals surface area contributed by atoms with Crippen LogP contribution in [0.2, 0.25) is 0 Å². The van der Waals surface area contributed by atoms with Gasteiger partial charge in [0.2, 0.25) is 0 Å². The van der Waals surface area contributed by atoms with Crippen molar-refractivity contribution in [2.75, 3.05) is 14.1 Å². The summed E-state index contributed by atoms with van der Waals surface area (Å²) in [5.41, 5.74) is 2.92. The Balaban J connectivity index is 1.60. The molecule has 2 heterocycles. The summed E-state index contributed by atoms with van der Waals surface area (Å²) in [5, 5.41) is 0. The van der Waals surface area contributed by atoms with Gasteiger partial charge in [0.25, 0.3) is 5.91 Å². The minimum absolute atomic E-state index is 0.160.